The molecule has 220 valence electrons. The molecule has 1 aliphatic rings. The van der Waals surface area contributed by atoms with Crippen LogP contribution in [0, 0.1) is 0 Å². The van der Waals surface area contributed by atoms with Gasteiger partial charge in [-0.2, -0.15) is 23.4 Å². The summed E-state index contributed by atoms with van der Waals surface area (Å²) in [5.74, 6) is 0.387. The van der Waals surface area contributed by atoms with E-state index in [9.17, 15) is 21.6 Å². The highest BCUT2D eigenvalue weighted by molar-refractivity contribution is 7.90. The van der Waals surface area contributed by atoms with E-state index < -0.39 is 27.8 Å². The Bertz CT molecular complexity index is 1890. The van der Waals surface area contributed by atoms with Gasteiger partial charge in [-0.25, -0.2) is 18.1 Å². The Morgan fingerprint density at radius 3 is 2.51 bits per heavy atom. The van der Waals surface area contributed by atoms with Crippen LogP contribution in [-0.4, -0.2) is 41.3 Å². The molecule has 5 aromatic rings. The zero-order valence-corrected chi connectivity index (χ0v) is 24.3. The molecule has 3 heterocycles. The third-order valence-corrected chi connectivity index (χ3v) is 9.05. The van der Waals surface area contributed by atoms with Crippen LogP contribution in [0.25, 0.3) is 16.8 Å². The Hall–Kier alpha value is -4.49. The summed E-state index contributed by atoms with van der Waals surface area (Å²) in [5, 5.41) is 11.3. The highest BCUT2D eigenvalue weighted by Crippen LogP contribution is 2.45. The van der Waals surface area contributed by atoms with Crippen LogP contribution in [-0.2, 0) is 16.4 Å². The Kier molecular flexibility index (Phi) is 7.52. The van der Waals surface area contributed by atoms with Crippen molar-refractivity contribution in [2.75, 3.05) is 11.3 Å². The summed E-state index contributed by atoms with van der Waals surface area (Å²) in [5.41, 5.74) is 2.57. The Morgan fingerprint density at radius 1 is 1.00 bits per heavy atom. The lowest BCUT2D eigenvalue weighted by molar-refractivity contribution is -0.0600. The van der Waals surface area contributed by atoms with E-state index in [1.165, 1.54) is 28.7 Å². The van der Waals surface area contributed by atoms with Crippen molar-refractivity contribution in [2.45, 2.75) is 30.1 Å². The molecule has 1 aliphatic heterocycles. The van der Waals surface area contributed by atoms with Gasteiger partial charge < -0.3 is 4.74 Å². The molecule has 6 rings (SSSR count). The number of rotatable bonds is 8. The van der Waals surface area contributed by atoms with Crippen molar-refractivity contribution in [2.24, 2.45) is 5.10 Å². The number of para-hydroxylation sites is 2. The minimum atomic E-state index is -4.60. The van der Waals surface area contributed by atoms with Crippen molar-refractivity contribution in [1.82, 2.24) is 14.8 Å². The number of hydrazone groups is 1. The molecular weight excluding hydrogens is 599 g/mol. The second-order valence-corrected chi connectivity index (χ2v) is 12.9. The molecule has 8 nitrogen and oxygen atoms in total. The molecule has 0 N–H and O–H groups in total. The number of aromatic nitrogens is 3. The molecule has 0 amide bonds. The first-order chi connectivity index (χ1) is 20.6. The molecule has 3 aromatic carbocycles. The topological polar surface area (TPSA) is 89.7 Å². The van der Waals surface area contributed by atoms with Gasteiger partial charge in [-0.1, -0.05) is 36.4 Å². The number of sulfone groups is 1. The van der Waals surface area contributed by atoms with Gasteiger partial charge in [0.05, 0.1) is 16.6 Å². The number of hydrogen-bond donors (Lipinski definition) is 0. The second-order valence-electron chi connectivity index (χ2n) is 9.91. The van der Waals surface area contributed by atoms with Crippen molar-refractivity contribution in [3.05, 3.63) is 107 Å². The smallest absolute Gasteiger partial charge is 0.431 e. The minimum Gasteiger partial charge on any atom is -0.487 e. The van der Waals surface area contributed by atoms with E-state index in [0.29, 0.717) is 27.4 Å². The van der Waals surface area contributed by atoms with Crippen LogP contribution in [0.1, 0.15) is 22.9 Å². The van der Waals surface area contributed by atoms with Crippen LogP contribution in [0.5, 0.6) is 5.75 Å². The third-order valence-electron chi connectivity index (χ3n) is 6.91. The van der Waals surface area contributed by atoms with E-state index in [-0.39, 0.29) is 17.9 Å². The second kappa shape index (κ2) is 11.3. The summed E-state index contributed by atoms with van der Waals surface area (Å²) in [6.45, 7) is 0.183. The van der Waals surface area contributed by atoms with Gasteiger partial charge in [0, 0.05) is 17.6 Å². The Morgan fingerprint density at radius 2 is 1.79 bits per heavy atom. The molecular formula is C30H24F3N5O3S2. The molecule has 0 saturated carbocycles. The molecule has 2 aromatic heterocycles. The lowest BCUT2D eigenvalue weighted by atomic mass is 10.0. The minimum absolute atomic E-state index is 0.169. The van der Waals surface area contributed by atoms with E-state index >= 15 is 0 Å². The third kappa shape index (κ3) is 6.18. The van der Waals surface area contributed by atoms with Crippen LogP contribution in [0.15, 0.2) is 107 Å². The zero-order chi connectivity index (χ0) is 30.2. The first kappa shape index (κ1) is 28.6. The van der Waals surface area contributed by atoms with Gasteiger partial charge in [0.2, 0.25) is 0 Å². The molecule has 0 spiro atoms. The summed E-state index contributed by atoms with van der Waals surface area (Å²) in [4.78, 5) is 4.76. The van der Waals surface area contributed by atoms with Crippen molar-refractivity contribution in [1.29, 1.82) is 0 Å². The van der Waals surface area contributed by atoms with Gasteiger partial charge >= 0.3 is 6.18 Å². The largest absolute Gasteiger partial charge is 0.487 e. The van der Waals surface area contributed by atoms with E-state index in [0.717, 1.165) is 17.5 Å². The van der Waals surface area contributed by atoms with Gasteiger partial charge in [0.25, 0.3) is 0 Å². The number of hydrogen-bond acceptors (Lipinski definition) is 8. The maximum Gasteiger partial charge on any atom is 0.431 e. The highest BCUT2D eigenvalue weighted by Gasteiger charge is 2.44. The molecule has 0 bridgehead atoms. The van der Waals surface area contributed by atoms with E-state index in [1.807, 2.05) is 29.6 Å². The van der Waals surface area contributed by atoms with Gasteiger partial charge in [0.1, 0.15) is 36.4 Å². The van der Waals surface area contributed by atoms with E-state index in [1.54, 1.807) is 59.5 Å². The molecule has 13 heteroatoms. The number of anilines is 1. The van der Waals surface area contributed by atoms with Gasteiger partial charge in [0.15, 0.2) is 9.84 Å². The van der Waals surface area contributed by atoms with Crippen LogP contribution in [0.3, 0.4) is 0 Å². The first-order valence-corrected chi connectivity index (χ1v) is 15.8. The average molecular weight is 624 g/mol. The summed E-state index contributed by atoms with van der Waals surface area (Å²) < 4.78 is 73.6. The highest BCUT2D eigenvalue weighted by atomic mass is 32.2. The maximum absolute atomic E-state index is 13.9. The van der Waals surface area contributed by atoms with Crippen LogP contribution in [0.2, 0.25) is 0 Å². The molecule has 0 radical (unpaired) electrons. The van der Waals surface area contributed by atoms with E-state index in [4.69, 9.17) is 4.74 Å². The number of nitrogens with zero attached hydrogens (tertiary/aromatic N) is 5. The number of ether oxygens (including phenoxy) is 1. The average Bonchev–Trinajstić information content (AvgIpc) is 3.77. The number of thiophene rings is 1. The number of halogens is 3. The van der Waals surface area contributed by atoms with Gasteiger partial charge in [-0.05, 0) is 64.5 Å². The standard InChI is InChI=1S/C30H24F3N5O3S2/c1-43(39,40)24-6-4-5-21(13-24)22-14-28(42-17-22)26-15-29(30(31,32)33)36-38(26)25-7-2-3-8-27(25)41-16-20-9-11-23(12-10-20)37-19-34-18-35-37/h2-14,17-19,26H,15-16H2,1H3. The fourth-order valence-electron chi connectivity index (χ4n) is 4.73. The summed E-state index contributed by atoms with van der Waals surface area (Å²) >= 11 is 1.30. The van der Waals surface area contributed by atoms with Crippen LogP contribution >= 0.6 is 11.3 Å². The lowest BCUT2D eigenvalue weighted by Crippen LogP contribution is -2.21. The molecule has 0 fully saturated rings. The van der Waals surface area contributed by atoms with Crippen LogP contribution < -0.4 is 9.75 Å². The molecule has 0 aliphatic carbocycles. The van der Waals surface area contributed by atoms with Crippen molar-refractivity contribution in [3.63, 3.8) is 0 Å². The summed E-state index contributed by atoms with van der Waals surface area (Å²) in [6, 6.07) is 21.9. The SMILES string of the molecule is CS(=O)(=O)c1cccc(-c2csc(C3CC(C(F)(F)F)=NN3c3ccccc3OCc3ccc(-n4cncn4)cc3)c2)c1. The van der Waals surface area contributed by atoms with Gasteiger partial charge in [-0.15, -0.1) is 11.3 Å². The summed E-state index contributed by atoms with van der Waals surface area (Å²) in [6.07, 6.45) is -0.776. The molecule has 43 heavy (non-hydrogen) atoms. The molecule has 1 atom stereocenters. The number of benzene rings is 3. The lowest BCUT2D eigenvalue weighted by Gasteiger charge is -2.25. The van der Waals surface area contributed by atoms with Crippen LogP contribution in [0.4, 0.5) is 18.9 Å². The zero-order valence-electron chi connectivity index (χ0n) is 22.6. The van der Waals surface area contributed by atoms with Crippen molar-refractivity contribution in [3.8, 4) is 22.6 Å². The summed E-state index contributed by atoms with van der Waals surface area (Å²) in [7, 11) is -3.42. The van der Waals surface area contributed by atoms with Crippen molar-refractivity contribution >= 4 is 32.6 Å². The predicted molar refractivity (Wildman–Crippen MR) is 158 cm³/mol. The predicted octanol–water partition coefficient (Wildman–Crippen LogP) is 6.85. The Labute approximate surface area is 249 Å². The molecule has 0 saturated heterocycles. The molecule has 1 unspecified atom stereocenters. The maximum atomic E-state index is 13.9. The quantitative estimate of drug-likeness (QED) is 0.188. The fraction of sp³-hybridized carbons (Fsp3) is 0.167. The monoisotopic (exact) mass is 623 g/mol. The van der Waals surface area contributed by atoms with E-state index in [2.05, 4.69) is 15.2 Å². The Balaban J connectivity index is 1.28. The first-order valence-electron chi connectivity index (χ1n) is 13.0. The number of alkyl halides is 3. The fourth-order valence-corrected chi connectivity index (χ4v) is 6.40. The van der Waals surface area contributed by atoms with Crippen molar-refractivity contribution < 1.29 is 26.3 Å². The van der Waals surface area contributed by atoms with Gasteiger partial charge in [-0.3, -0.25) is 5.01 Å². The normalized spacial score (nSPS) is 15.5.